The van der Waals surface area contributed by atoms with E-state index in [-0.39, 0.29) is 17.7 Å². The topological polar surface area (TPSA) is 41.5 Å². The summed E-state index contributed by atoms with van der Waals surface area (Å²) < 4.78 is -0.873. The largest absolute Gasteiger partial charge is 0.271 e. The van der Waals surface area contributed by atoms with Gasteiger partial charge in [-0.05, 0) is 17.7 Å². The fourth-order valence-electron chi connectivity index (χ4n) is 2.46. The van der Waals surface area contributed by atoms with E-state index in [9.17, 15) is 4.79 Å². The van der Waals surface area contributed by atoms with E-state index in [1.54, 1.807) is 30.5 Å². The van der Waals surface area contributed by atoms with E-state index in [0.717, 1.165) is 5.56 Å². The van der Waals surface area contributed by atoms with Crippen LogP contribution in [0.2, 0.25) is 0 Å². The van der Waals surface area contributed by atoms with E-state index in [1.807, 2.05) is 36.4 Å². The molecule has 0 aromatic heterocycles. The van der Waals surface area contributed by atoms with Gasteiger partial charge in [-0.3, -0.25) is 4.79 Å². The van der Waals surface area contributed by atoms with E-state index in [1.165, 1.54) is 0 Å². The quantitative estimate of drug-likeness (QED) is 0.513. The maximum Gasteiger partial charge on any atom is 0.271 e. The van der Waals surface area contributed by atoms with Gasteiger partial charge in [0.2, 0.25) is 0 Å². The molecule has 112 valence electrons. The number of alkyl halides is 2. The monoisotopic (exact) mass is 332 g/mol. The van der Waals surface area contributed by atoms with Crippen molar-refractivity contribution in [2.75, 3.05) is 0 Å². The minimum Gasteiger partial charge on any atom is -0.267 e. The summed E-state index contributed by atoms with van der Waals surface area (Å²) in [6.07, 6.45) is 1.61. The van der Waals surface area contributed by atoms with Gasteiger partial charge in [-0.25, -0.2) is 5.43 Å². The third kappa shape index (κ3) is 3.01. The van der Waals surface area contributed by atoms with Crippen molar-refractivity contribution in [2.24, 2.45) is 11.0 Å². The molecule has 0 saturated heterocycles. The third-order valence-electron chi connectivity index (χ3n) is 3.70. The zero-order valence-electron chi connectivity index (χ0n) is 11.6. The number of hydrazone groups is 1. The number of nitrogens with one attached hydrogen (secondary N) is 1. The van der Waals surface area contributed by atoms with E-state index in [2.05, 4.69) is 10.5 Å². The number of halogens is 2. The SMILES string of the molecule is O=C(N/N=C\[C@@H]1[C@H](c2ccccc2)C1(Cl)Cl)c1ccccc1. The van der Waals surface area contributed by atoms with E-state index in [0.29, 0.717) is 5.56 Å². The molecule has 0 heterocycles. The Morgan fingerprint density at radius 3 is 2.27 bits per heavy atom. The van der Waals surface area contributed by atoms with Gasteiger partial charge in [0.05, 0.1) is 0 Å². The summed E-state index contributed by atoms with van der Waals surface area (Å²) in [6.45, 7) is 0. The molecular formula is C17H14Cl2N2O. The van der Waals surface area contributed by atoms with Gasteiger partial charge in [-0.1, -0.05) is 48.5 Å². The van der Waals surface area contributed by atoms with Crippen LogP contribution in [0.3, 0.4) is 0 Å². The lowest BCUT2D eigenvalue weighted by Gasteiger charge is -1.98. The number of hydrogen-bond donors (Lipinski definition) is 1. The first-order chi connectivity index (χ1) is 10.6. The van der Waals surface area contributed by atoms with Gasteiger partial charge in [0, 0.05) is 23.6 Å². The predicted molar refractivity (Wildman–Crippen MR) is 89.5 cm³/mol. The Hall–Kier alpha value is -1.84. The van der Waals surface area contributed by atoms with E-state index in [4.69, 9.17) is 23.2 Å². The highest BCUT2D eigenvalue weighted by molar-refractivity contribution is 6.53. The van der Waals surface area contributed by atoms with E-state index >= 15 is 0 Å². The lowest BCUT2D eigenvalue weighted by atomic mass is 10.1. The molecule has 0 unspecified atom stereocenters. The molecule has 1 amide bonds. The summed E-state index contributed by atoms with van der Waals surface area (Å²) >= 11 is 12.6. The van der Waals surface area contributed by atoms with Gasteiger partial charge < -0.3 is 0 Å². The van der Waals surface area contributed by atoms with Crippen molar-refractivity contribution in [1.82, 2.24) is 5.43 Å². The molecule has 1 saturated carbocycles. The van der Waals surface area contributed by atoms with Crippen molar-refractivity contribution >= 4 is 35.3 Å². The Labute approximate surface area is 138 Å². The molecule has 3 rings (SSSR count). The van der Waals surface area contributed by atoms with Crippen molar-refractivity contribution < 1.29 is 4.79 Å². The Bertz CT molecular complexity index is 686. The first-order valence-corrected chi connectivity index (χ1v) is 7.67. The Morgan fingerprint density at radius 1 is 1.05 bits per heavy atom. The second-order valence-corrected chi connectivity index (χ2v) is 6.62. The zero-order chi connectivity index (χ0) is 15.6. The van der Waals surface area contributed by atoms with Crippen LogP contribution in [0.5, 0.6) is 0 Å². The Morgan fingerprint density at radius 2 is 1.64 bits per heavy atom. The van der Waals surface area contributed by atoms with Crippen molar-refractivity contribution in [3.8, 4) is 0 Å². The number of carbonyl (C=O) groups is 1. The highest BCUT2D eigenvalue weighted by atomic mass is 35.5. The molecule has 1 fully saturated rings. The molecule has 0 radical (unpaired) electrons. The molecule has 0 bridgehead atoms. The lowest BCUT2D eigenvalue weighted by Crippen LogP contribution is -2.17. The number of benzene rings is 2. The Kier molecular flexibility index (Phi) is 4.19. The number of rotatable bonds is 4. The maximum atomic E-state index is 11.9. The van der Waals surface area contributed by atoms with Crippen molar-refractivity contribution in [1.29, 1.82) is 0 Å². The molecule has 5 heteroatoms. The van der Waals surface area contributed by atoms with Gasteiger partial charge in [0.15, 0.2) is 0 Å². The molecular weight excluding hydrogens is 319 g/mol. The molecule has 22 heavy (non-hydrogen) atoms. The van der Waals surface area contributed by atoms with Crippen LogP contribution in [0.1, 0.15) is 21.8 Å². The van der Waals surface area contributed by atoms with Gasteiger partial charge in [-0.15, -0.1) is 23.2 Å². The molecule has 1 aliphatic rings. The summed E-state index contributed by atoms with van der Waals surface area (Å²) in [5, 5.41) is 3.99. The normalized spacial score (nSPS) is 22.5. The number of carbonyl (C=O) groups excluding carboxylic acids is 1. The fourth-order valence-corrected chi connectivity index (χ4v) is 3.22. The summed E-state index contributed by atoms with van der Waals surface area (Å²) in [5.41, 5.74) is 4.11. The van der Waals surface area contributed by atoms with Gasteiger partial charge in [-0.2, -0.15) is 5.10 Å². The third-order valence-corrected chi connectivity index (χ3v) is 4.68. The van der Waals surface area contributed by atoms with Gasteiger partial charge in [0.25, 0.3) is 5.91 Å². The first kappa shape index (κ1) is 15.1. The van der Waals surface area contributed by atoms with Crippen LogP contribution < -0.4 is 5.43 Å². The maximum absolute atomic E-state index is 11.9. The zero-order valence-corrected chi connectivity index (χ0v) is 13.1. The second-order valence-electron chi connectivity index (χ2n) is 5.17. The molecule has 3 nitrogen and oxygen atoms in total. The highest BCUT2D eigenvalue weighted by Gasteiger charge is 2.63. The predicted octanol–water partition coefficient (Wildman–Crippen LogP) is 3.99. The summed E-state index contributed by atoms with van der Waals surface area (Å²) in [5.74, 6) is -0.382. The van der Waals surface area contributed by atoms with E-state index < -0.39 is 4.33 Å². The first-order valence-electron chi connectivity index (χ1n) is 6.92. The van der Waals surface area contributed by atoms with Crippen LogP contribution >= 0.6 is 23.2 Å². The molecule has 2 atom stereocenters. The summed E-state index contributed by atoms with van der Waals surface area (Å²) in [4.78, 5) is 11.9. The minimum absolute atomic E-state index is 0.00518. The minimum atomic E-state index is -0.873. The molecule has 0 aliphatic heterocycles. The van der Waals surface area contributed by atoms with Crippen LogP contribution in [-0.2, 0) is 0 Å². The van der Waals surface area contributed by atoms with Crippen LogP contribution in [0.4, 0.5) is 0 Å². The van der Waals surface area contributed by atoms with Crippen molar-refractivity contribution in [3.05, 3.63) is 71.8 Å². The van der Waals surface area contributed by atoms with Crippen molar-refractivity contribution in [3.63, 3.8) is 0 Å². The number of hydrogen-bond acceptors (Lipinski definition) is 2. The Balaban J connectivity index is 1.63. The van der Waals surface area contributed by atoms with Crippen LogP contribution in [0.15, 0.2) is 65.8 Å². The molecule has 2 aromatic rings. The molecule has 0 spiro atoms. The number of nitrogens with zero attached hydrogens (tertiary/aromatic N) is 1. The molecule has 2 aromatic carbocycles. The second kappa shape index (κ2) is 6.11. The molecule has 1 N–H and O–H groups in total. The lowest BCUT2D eigenvalue weighted by molar-refractivity contribution is 0.0955. The highest BCUT2D eigenvalue weighted by Crippen LogP contribution is 2.63. The van der Waals surface area contributed by atoms with Crippen LogP contribution in [0.25, 0.3) is 0 Å². The van der Waals surface area contributed by atoms with Crippen LogP contribution in [-0.4, -0.2) is 16.5 Å². The fraction of sp³-hybridized carbons (Fsp3) is 0.176. The smallest absolute Gasteiger partial charge is 0.267 e. The molecule has 1 aliphatic carbocycles. The number of amides is 1. The van der Waals surface area contributed by atoms with Gasteiger partial charge in [0.1, 0.15) is 4.33 Å². The summed E-state index contributed by atoms with van der Waals surface area (Å²) in [6, 6.07) is 18.7. The van der Waals surface area contributed by atoms with Crippen molar-refractivity contribution in [2.45, 2.75) is 10.3 Å². The summed E-state index contributed by atoms with van der Waals surface area (Å²) in [7, 11) is 0. The average molecular weight is 333 g/mol. The van der Waals surface area contributed by atoms with Gasteiger partial charge >= 0.3 is 0 Å². The standard InChI is InChI=1S/C17H14Cl2N2O/c18-17(19)14(15(17)12-7-3-1-4-8-12)11-20-21-16(22)13-9-5-2-6-10-13/h1-11,14-15H,(H,21,22)/b20-11-/t14-,15+/m1/s1. The average Bonchev–Trinajstić information content (AvgIpc) is 3.10. The van der Waals surface area contributed by atoms with Crippen LogP contribution in [0, 0.1) is 5.92 Å².